The van der Waals surface area contributed by atoms with Crippen molar-refractivity contribution in [3.8, 4) is 0 Å². The molecule has 1 saturated carbocycles. The number of hydrogen-bond acceptors (Lipinski definition) is 3. The van der Waals surface area contributed by atoms with Crippen LogP contribution < -0.4 is 5.32 Å². The van der Waals surface area contributed by atoms with Crippen LogP contribution in [0.3, 0.4) is 0 Å². The molecule has 0 aromatic heterocycles. The highest BCUT2D eigenvalue weighted by Crippen LogP contribution is 2.33. The van der Waals surface area contributed by atoms with Gasteiger partial charge in [0.1, 0.15) is 0 Å². The molecule has 3 nitrogen and oxygen atoms in total. The first kappa shape index (κ1) is 11.0. The molecule has 1 rings (SSSR count). The molecule has 0 heterocycles. The summed E-state index contributed by atoms with van der Waals surface area (Å²) >= 11 is 0. The minimum absolute atomic E-state index is 0.252. The fourth-order valence-electron chi connectivity index (χ4n) is 1.29. The second-order valence-electron chi connectivity index (χ2n) is 4.14. The Balaban J connectivity index is 2.18. The Morgan fingerprint density at radius 3 is 2.38 bits per heavy atom. The molecule has 0 saturated heterocycles. The van der Waals surface area contributed by atoms with E-state index in [1.165, 1.54) is 12.8 Å². The molecule has 1 aliphatic rings. The highest BCUT2D eigenvalue weighted by Gasteiger charge is 2.36. The number of sulfone groups is 1. The molecule has 0 aliphatic heterocycles. The lowest BCUT2D eigenvalue weighted by Crippen LogP contribution is -2.33. The van der Waals surface area contributed by atoms with Crippen molar-refractivity contribution in [1.29, 1.82) is 0 Å². The van der Waals surface area contributed by atoms with E-state index in [0.29, 0.717) is 12.3 Å². The highest BCUT2D eigenvalue weighted by molar-refractivity contribution is 7.91. The normalized spacial score (nSPS) is 20.2. The molecule has 0 bridgehead atoms. The Kier molecular flexibility index (Phi) is 3.35. The third-order valence-electron chi connectivity index (χ3n) is 2.48. The van der Waals surface area contributed by atoms with Crippen LogP contribution in [0, 0.1) is 0 Å². The van der Waals surface area contributed by atoms with Gasteiger partial charge in [-0.3, -0.25) is 0 Å². The van der Waals surface area contributed by atoms with E-state index in [-0.39, 0.29) is 11.3 Å². The molecule has 4 heteroatoms. The standard InChI is InChI=1S/C9H19NO2S/c1-3-7-13(11,12)8-6-10-9(2)4-5-9/h10H,3-8H2,1-2H3. The van der Waals surface area contributed by atoms with Crippen LogP contribution >= 0.6 is 0 Å². The van der Waals surface area contributed by atoms with Crippen LogP contribution in [0.5, 0.6) is 0 Å². The van der Waals surface area contributed by atoms with Gasteiger partial charge in [0.25, 0.3) is 0 Å². The predicted molar refractivity (Wildman–Crippen MR) is 54.6 cm³/mol. The van der Waals surface area contributed by atoms with E-state index in [4.69, 9.17) is 0 Å². The summed E-state index contributed by atoms with van der Waals surface area (Å²) in [5.41, 5.74) is 0.252. The van der Waals surface area contributed by atoms with E-state index in [9.17, 15) is 8.42 Å². The van der Waals surface area contributed by atoms with Gasteiger partial charge in [-0.25, -0.2) is 8.42 Å². The summed E-state index contributed by atoms with van der Waals surface area (Å²) in [5.74, 6) is 0.613. The molecular weight excluding hydrogens is 186 g/mol. The zero-order valence-electron chi connectivity index (χ0n) is 8.47. The summed E-state index contributed by atoms with van der Waals surface area (Å²) in [6, 6.07) is 0. The largest absolute Gasteiger partial charge is 0.311 e. The highest BCUT2D eigenvalue weighted by atomic mass is 32.2. The second kappa shape index (κ2) is 3.96. The number of rotatable bonds is 6. The van der Waals surface area contributed by atoms with E-state index < -0.39 is 9.84 Å². The van der Waals surface area contributed by atoms with Crippen molar-refractivity contribution in [3.63, 3.8) is 0 Å². The number of hydrogen-bond donors (Lipinski definition) is 1. The van der Waals surface area contributed by atoms with Gasteiger partial charge in [0.05, 0.1) is 5.75 Å². The zero-order valence-corrected chi connectivity index (χ0v) is 9.28. The van der Waals surface area contributed by atoms with Crippen LogP contribution in [0.15, 0.2) is 0 Å². The molecule has 1 aliphatic carbocycles. The van der Waals surface area contributed by atoms with E-state index in [0.717, 1.165) is 6.42 Å². The average molecular weight is 205 g/mol. The van der Waals surface area contributed by atoms with Gasteiger partial charge in [-0.05, 0) is 26.2 Å². The Morgan fingerprint density at radius 2 is 1.92 bits per heavy atom. The minimum Gasteiger partial charge on any atom is -0.311 e. The summed E-state index contributed by atoms with van der Waals surface area (Å²) in [7, 11) is -2.79. The van der Waals surface area contributed by atoms with Crippen molar-refractivity contribution < 1.29 is 8.42 Å². The van der Waals surface area contributed by atoms with Gasteiger partial charge < -0.3 is 5.32 Å². The van der Waals surface area contributed by atoms with Crippen molar-refractivity contribution >= 4 is 9.84 Å². The predicted octanol–water partition coefficient (Wildman–Crippen LogP) is 0.953. The number of nitrogens with one attached hydrogen (secondary N) is 1. The van der Waals surface area contributed by atoms with Crippen LogP contribution in [-0.2, 0) is 9.84 Å². The molecule has 78 valence electrons. The monoisotopic (exact) mass is 205 g/mol. The van der Waals surface area contributed by atoms with Crippen LogP contribution in [-0.4, -0.2) is 32.0 Å². The van der Waals surface area contributed by atoms with Gasteiger partial charge >= 0.3 is 0 Å². The van der Waals surface area contributed by atoms with E-state index in [2.05, 4.69) is 12.2 Å². The maximum absolute atomic E-state index is 11.3. The van der Waals surface area contributed by atoms with Crippen LogP contribution in [0.1, 0.15) is 33.1 Å². The fourth-order valence-corrected chi connectivity index (χ4v) is 2.52. The van der Waals surface area contributed by atoms with E-state index in [1.807, 2.05) is 6.92 Å². The fraction of sp³-hybridized carbons (Fsp3) is 1.00. The van der Waals surface area contributed by atoms with Gasteiger partial charge in [0.15, 0.2) is 9.84 Å². The lowest BCUT2D eigenvalue weighted by Gasteiger charge is -2.10. The van der Waals surface area contributed by atoms with Crippen molar-refractivity contribution in [2.45, 2.75) is 38.6 Å². The molecule has 0 aromatic carbocycles. The first-order valence-electron chi connectivity index (χ1n) is 4.93. The molecule has 1 fully saturated rings. The second-order valence-corrected chi connectivity index (χ2v) is 6.44. The first-order valence-corrected chi connectivity index (χ1v) is 6.75. The van der Waals surface area contributed by atoms with Gasteiger partial charge in [-0.15, -0.1) is 0 Å². The summed E-state index contributed by atoms with van der Waals surface area (Å²) in [6.07, 6.45) is 3.08. The Hall–Kier alpha value is -0.0900. The van der Waals surface area contributed by atoms with Crippen molar-refractivity contribution in [1.82, 2.24) is 5.32 Å². The molecule has 1 N–H and O–H groups in total. The smallest absolute Gasteiger partial charge is 0.151 e. The maximum atomic E-state index is 11.3. The van der Waals surface area contributed by atoms with Gasteiger partial charge in [0, 0.05) is 17.8 Å². The lowest BCUT2D eigenvalue weighted by molar-refractivity contribution is 0.548. The van der Waals surface area contributed by atoms with E-state index in [1.54, 1.807) is 0 Å². The molecule has 0 aromatic rings. The average Bonchev–Trinajstić information content (AvgIpc) is 2.67. The molecule has 13 heavy (non-hydrogen) atoms. The SMILES string of the molecule is CCCS(=O)(=O)CCNC1(C)CC1. The topological polar surface area (TPSA) is 46.2 Å². The van der Waals surface area contributed by atoms with Crippen molar-refractivity contribution in [3.05, 3.63) is 0 Å². The van der Waals surface area contributed by atoms with Crippen LogP contribution in [0.2, 0.25) is 0 Å². The van der Waals surface area contributed by atoms with E-state index >= 15 is 0 Å². The van der Waals surface area contributed by atoms with Crippen LogP contribution in [0.4, 0.5) is 0 Å². The Labute approximate surface area is 80.8 Å². The molecule has 0 unspecified atom stereocenters. The third kappa shape index (κ3) is 4.09. The summed E-state index contributed by atoms with van der Waals surface area (Å²) in [5, 5.41) is 3.27. The van der Waals surface area contributed by atoms with Crippen molar-refractivity contribution in [2.75, 3.05) is 18.1 Å². The van der Waals surface area contributed by atoms with Crippen molar-refractivity contribution in [2.24, 2.45) is 0 Å². The molecule has 0 spiro atoms. The maximum Gasteiger partial charge on any atom is 0.151 e. The lowest BCUT2D eigenvalue weighted by atomic mass is 10.3. The first-order chi connectivity index (χ1) is 5.97. The summed E-state index contributed by atoms with van der Waals surface area (Å²) in [6.45, 7) is 4.64. The summed E-state index contributed by atoms with van der Waals surface area (Å²) < 4.78 is 22.6. The molecule has 0 amide bonds. The Morgan fingerprint density at radius 1 is 1.31 bits per heavy atom. The van der Waals surface area contributed by atoms with Gasteiger partial charge in [-0.2, -0.15) is 0 Å². The minimum atomic E-state index is -2.79. The Bertz CT molecular complexity index is 255. The molecule has 0 radical (unpaired) electrons. The molecular formula is C9H19NO2S. The van der Waals surface area contributed by atoms with Gasteiger partial charge in [0.2, 0.25) is 0 Å². The molecule has 0 atom stereocenters. The third-order valence-corrected chi connectivity index (χ3v) is 4.34. The quantitative estimate of drug-likeness (QED) is 0.702. The van der Waals surface area contributed by atoms with Crippen LogP contribution in [0.25, 0.3) is 0 Å². The van der Waals surface area contributed by atoms with Gasteiger partial charge in [-0.1, -0.05) is 6.92 Å². The summed E-state index contributed by atoms with van der Waals surface area (Å²) in [4.78, 5) is 0. The zero-order chi connectivity index (χ0) is 9.95.